The molecular formula is C21H30Cl2N2O2. The fourth-order valence-electron chi connectivity index (χ4n) is 3.39. The van der Waals surface area contributed by atoms with E-state index in [1.54, 1.807) is 14.2 Å². The van der Waals surface area contributed by atoms with Crippen molar-refractivity contribution in [2.24, 2.45) is 0 Å². The van der Waals surface area contributed by atoms with Gasteiger partial charge in [0.2, 0.25) is 0 Å². The van der Waals surface area contributed by atoms with E-state index in [0.717, 1.165) is 37.7 Å². The van der Waals surface area contributed by atoms with E-state index < -0.39 is 0 Å². The Bertz CT molecular complexity index is 662. The zero-order valence-electron chi connectivity index (χ0n) is 16.0. The summed E-state index contributed by atoms with van der Waals surface area (Å²) in [7, 11) is 3.39. The molecule has 1 aliphatic heterocycles. The molecule has 0 saturated carbocycles. The molecule has 1 N–H and O–H groups in total. The lowest BCUT2D eigenvalue weighted by molar-refractivity contribution is 0.190. The summed E-state index contributed by atoms with van der Waals surface area (Å²) in [5, 5.41) is 3.69. The van der Waals surface area contributed by atoms with Gasteiger partial charge in [0.25, 0.3) is 0 Å². The number of rotatable bonds is 7. The van der Waals surface area contributed by atoms with Crippen molar-refractivity contribution in [2.45, 2.75) is 32.0 Å². The molecule has 1 saturated heterocycles. The third-order valence-electron chi connectivity index (χ3n) is 4.91. The monoisotopic (exact) mass is 412 g/mol. The Labute approximate surface area is 175 Å². The van der Waals surface area contributed by atoms with Crippen molar-refractivity contribution >= 4 is 24.8 Å². The number of piperidine rings is 1. The van der Waals surface area contributed by atoms with Crippen LogP contribution in [0.3, 0.4) is 0 Å². The summed E-state index contributed by atoms with van der Waals surface area (Å²) in [6.07, 6.45) is 2.37. The highest BCUT2D eigenvalue weighted by Crippen LogP contribution is 2.25. The molecule has 0 amide bonds. The van der Waals surface area contributed by atoms with Crippen molar-refractivity contribution in [3.8, 4) is 11.5 Å². The van der Waals surface area contributed by atoms with Gasteiger partial charge in [-0.3, -0.25) is 4.90 Å². The smallest absolute Gasteiger partial charge is 0.127 e. The lowest BCUT2D eigenvalue weighted by atomic mass is 10.0. The maximum Gasteiger partial charge on any atom is 0.127 e. The first kappa shape index (κ1) is 23.6. The summed E-state index contributed by atoms with van der Waals surface area (Å²) < 4.78 is 10.7. The fourth-order valence-corrected chi connectivity index (χ4v) is 3.39. The van der Waals surface area contributed by atoms with Gasteiger partial charge in [-0.15, -0.1) is 24.8 Å². The van der Waals surface area contributed by atoms with Crippen LogP contribution in [-0.2, 0) is 13.1 Å². The Morgan fingerprint density at radius 3 is 2.30 bits per heavy atom. The van der Waals surface area contributed by atoms with Gasteiger partial charge in [0, 0.05) is 30.8 Å². The van der Waals surface area contributed by atoms with Crippen LogP contribution < -0.4 is 14.8 Å². The molecule has 3 rings (SSSR count). The predicted molar refractivity (Wildman–Crippen MR) is 116 cm³/mol. The molecule has 2 aromatic carbocycles. The Kier molecular flexibility index (Phi) is 10.6. The molecule has 1 fully saturated rings. The van der Waals surface area contributed by atoms with Crippen LogP contribution in [0, 0.1) is 0 Å². The minimum Gasteiger partial charge on any atom is -0.497 e. The lowest BCUT2D eigenvalue weighted by Gasteiger charge is -2.32. The van der Waals surface area contributed by atoms with Crippen LogP contribution in [0.2, 0.25) is 0 Å². The summed E-state index contributed by atoms with van der Waals surface area (Å²) in [5.41, 5.74) is 2.58. The molecule has 0 radical (unpaired) electrons. The zero-order chi connectivity index (χ0) is 17.5. The first-order chi connectivity index (χ1) is 12.3. The van der Waals surface area contributed by atoms with Crippen LogP contribution >= 0.6 is 24.8 Å². The van der Waals surface area contributed by atoms with Crippen LogP contribution in [0.25, 0.3) is 0 Å². The first-order valence-electron chi connectivity index (χ1n) is 8.99. The highest BCUT2D eigenvalue weighted by molar-refractivity contribution is 5.85. The van der Waals surface area contributed by atoms with E-state index in [9.17, 15) is 0 Å². The van der Waals surface area contributed by atoms with E-state index in [1.165, 1.54) is 24.0 Å². The maximum atomic E-state index is 5.48. The summed E-state index contributed by atoms with van der Waals surface area (Å²) in [6.45, 7) is 4.18. The molecule has 1 heterocycles. The minimum absolute atomic E-state index is 0. The summed E-state index contributed by atoms with van der Waals surface area (Å²) >= 11 is 0. The van der Waals surface area contributed by atoms with E-state index in [4.69, 9.17) is 9.47 Å². The Morgan fingerprint density at radius 2 is 1.67 bits per heavy atom. The number of hydrogen-bond acceptors (Lipinski definition) is 4. The predicted octanol–water partition coefficient (Wildman–Crippen LogP) is 4.30. The number of likely N-dealkylation sites (tertiary alicyclic amines) is 1. The molecule has 0 unspecified atom stereocenters. The second kappa shape index (κ2) is 12.1. The Balaban J connectivity index is 0.00000182. The largest absolute Gasteiger partial charge is 0.497 e. The standard InChI is InChI=1S/C21H28N2O2.2ClH/c1-24-20-9-8-18(21(14-20)25-2)15-22-19-10-12-23(13-11-19)16-17-6-4-3-5-7-17;;/h3-9,14,19,22H,10-13,15-16H2,1-2H3;2*1H. The van der Waals surface area contributed by atoms with Crippen molar-refractivity contribution in [3.05, 3.63) is 59.7 Å². The maximum absolute atomic E-state index is 5.48. The van der Waals surface area contributed by atoms with E-state index in [2.05, 4.69) is 46.6 Å². The highest BCUT2D eigenvalue weighted by atomic mass is 35.5. The van der Waals surface area contributed by atoms with Crippen LogP contribution in [-0.4, -0.2) is 38.3 Å². The fraction of sp³-hybridized carbons (Fsp3) is 0.429. The summed E-state index contributed by atoms with van der Waals surface area (Å²) in [6, 6.07) is 17.3. The number of benzene rings is 2. The van der Waals surface area contributed by atoms with Crippen LogP contribution in [0.4, 0.5) is 0 Å². The van der Waals surface area contributed by atoms with E-state index in [-0.39, 0.29) is 24.8 Å². The summed E-state index contributed by atoms with van der Waals surface area (Å²) in [4.78, 5) is 2.54. The van der Waals surface area contributed by atoms with Gasteiger partial charge < -0.3 is 14.8 Å². The van der Waals surface area contributed by atoms with Gasteiger partial charge >= 0.3 is 0 Å². The SMILES string of the molecule is COc1ccc(CNC2CCN(Cc3ccccc3)CC2)c(OC)c1.Cl.Cl. The van der Waals surface area contributed by atoms with Gasteiger partial charge in [-0.1, -0.05) is 36.4 Å². The van der Waals surface area contributed by atoms with Gasteiger partial charge in [0.05, 0.1) is 14.2 Å². The highest BCUT2D eigenvalue weighted by Gasteiger charge is 2.19. The molecule has 6 heteroatoms. The Hall–Kier alpha value is -1.46. The quantitative estimate of drug-likeness (QED) is 0.734. The molecule has 0 aromatic heterocycles. The number of methoxy groups -OCH3 is 2. The molecule has 2 aromatic rings. The normalized spacial score (nSPS) is 14.7. The lowest BCUT2D eigenvalue weighted by Crippen LogP contribution is -2.41. The number of nitrogens with zero attached hydrogens (tertiary/aromatic N) is 1. The molecule has 1 aliphatic rings. The minimum atomic E-state index is 0. The average molecular weight is 413 g/mol. The number of hydrogen-bond donors (Lipinski definition) is 1. The third kappa shape index (κ3) is 6.89. The molecular weight excluding hydrogens is 383 g/mol. The second-order valence-corrected chi connectivity index (χ2v) is 6.59. The average Bonchev–Trinajstić information content (AvgIpc) is 2.68. The first-order valence-corrected chi connectivity index (χ1v) is 8.99. The number of nitrogens with one attached hydrogen (secondary N) is 1. The molecule has 0 spiro atoms. The van der Waals surface area contributed by atoms with Gasteiger partial charge in [-0.2, -0.15) is 0 Å². The number of halogens is 2. The zero-order valence-corrected chi connectivity index (χ0v) is 17.7. The Morgan fingerprint density at radius 1 is 0.963 bits per heavy atom. The molecule has 4 nitrogen and oxygen atoms in total. The van der Waals surface area contributed by atoms with Gasteiger partial charge in [-0.05, 0) is 37.6 Å². The van der Waals surface area contributed by atoms with E-state index >= 15 is 0 Å². The van der Waals surface area contributed by atoms with Gasteiger partial charge in [0.1, 0.15) is 11.5 Å². The van der Waals surface area contributed by atoms with E-state index in [1.807, 2.05) is 12.1 Å². The van der Waals surface area contributed by atoms with Crippen molar-refractivity contribution in [3.63, 3.8) is 0 Å². The van der Waals surface area contributed by atoms with Crippen molar-refractivity contribution in [1.82, 2.24) is 10.2 Å². The molecule has 0 aliphatic carbocycles. The second-order valence-electron chi connectivity index (χ2n) is 6.59. The molecule has 27 heavy (non-hydrogen) atoms. The van der Waals surface area contributed by atoms with Crippen LogP contribution in [0.15, 0.2) is 48.5 Å². The topological polar surface area (TPSA) is 33.7 Å². The summed E-state index contributed by atoms with van der Waals surface area (Å²) in [5.74, 6) is 1.71. The van der Waals surface area contributed by atoms with Crippen molar-refractivity contribution in [2.75, 3.05) is 27.3 Å². The molecule has 0 atom stereocenters. The van der Waals surface area contributed by atoms with Crippen molar-refractivity contribution in [1.29, 1.82) is 0 Å². The molecule has 0 bridgehead atoms. The van der Waals surface area contributed by atoms with E-state index in [0.29, 0.717) is 6.04 Å². The van der Waals surface area contributed by atoms with Crippen LogP contribution in [0.1, 0.15) is 24.0 Å². The molecule has 150 valence electrons. The van der Waals surface area contributed by atoms with Gasteiger partial charge in [0.15, 0.2) is 0 Å². The van der Waals surface area contributed by atoms with Crippen LogP contribution in [0.5, 0.6) is 11.5 Å². The third-order valence-corrected chi connectivity index (χ3v) is 4.91. The van der Waals surface area contributed by atoms with Crippen molar-refractivity contribution < 1.29 is 9.47 Å². The van der Waals surface area contributed by atoms with Gasteiger partial charge in [-0.25, -0.2) is 0 Å². The number of ether oxygens (including phenoxy) is 2.